The van der Waals surface area contributed by atoms with Crippen LogP contribution in [0.5, 0.6) is 0 Å². The molecule has 22 heavy (non-hydrogen) atoms. The van der Waals surface area contributed by atoms with Gasteiger partial charge in [-0.2, -0.15) is 21.6 Å². The van der Waals surface area contributed by atoms with Crippen molar-refractivity contribution in [1.82, 2.24) is 4.98 Å². The number of hydrogen-bond donors (Lipinski definition) is 0. The highest BCUT2D eigenvalue weighted by Crippen LogP contribution is 2.35. The Morgan fingerprint density at radius 3 is 2.55 bits per heavy atom. The second-order valence-electron chi connectivity index (χ2n) is 4.81. The Morgan fingerprint density at radius 1 is 1.41 bits per heavy atom. The van der Waals surface area contributed by atoms with Gasteiger partial charge in [-0.15, -0.1) is 3.89 Å². The molecule has 0 bridgehead atoms. The standard InChI is InChI=1S/C11H9BrF4N2O3S/c12-8-2-7(11(13,14)15)3-17-10(8)18-4-6(1-9(18)19)5-22(16,20)21/h2-3,6H,1,4-5H2. The van der Waals surface area contributed by atoms with Gasteiger partial charge in [0, 0.05) is 25.1 Å². The molecule has 5 nitrogen and oxygen atoms in total. The maximum Gasteiger partial charge on any atom is 0.417 e. The number of pyridine rings is 1. The zero-order valence-corrected chi connectivity index (χ0v) is 13.2. The van der Waals surface area contributed by atoms with Crippen molar-refractivity contribution in [3.63, 3.8) is 0 Å². The molecule has 0 spiro atoms. The van der Waals surface area contributed by atoms with Gasteiger partial charge in [-0.05, 0) is 22.0 Å². The minimum atomic E-state index is -4.73. The van der Waals surface area contributed by atoms with Gasteiger partial charge in [0.25, 0.3) is 0 Å². The number of nitrogens with zero attached hydrogens (tertiary/aromatic N) is 2. The van der Waals surface area contributed by atoms with Crippen LogP contribution < -0.4 is 4.90 Å². The van der Waals surface area contributed by atoms with Crippen LogP contribution in [0.25, 0.3) is 0 Å². The van der Waals surface area contributed by atoms with E-state index in [1.54, 1.807) is 0 Å². The fourth-order valence-electron chi connectivity index (χ4n) is 2.16. The smallest absolute Gasteiger partial charge is 0.296 e. The number of hydrogen-bond acceptors (Lipinski definition) is 4. The van der Waals surface area contributed by atoms with E-state index >= 15 is 0 Å². The third-order valence-corrected chi connectivity index (χ3v) is 4.50. The SMILES string of the molecule is O=C1CC(CS(=O)(=O)F)CN1c1ncc(C(F)(F)F)cc1Br. The van der Waals surface area contributed by atoms with E-state index in [2.05, 4.69) is 20.9 Å². The molecule has 0 radical (unpaired) electrons. The van der Waals surface area contributed by atoms with Crippen molar-refractivity contribution in [2.75, 3.05) is 17.2 Å². The van der Waals surface area contributed by atoms with Crippen molar-refractivity contribution < 1.29 is 30.3 Å². The summed E-state index contributed by atoms with van der Waals surface area (Å²) in [5.41, 5.74) is -0.988. The largest absolute Gasteiger partial charge is 0.417 e. The van der Waals surface area contributed by atoms with E-state index in [-0.39, 0.29) is 23.3 Å². The van der Waals surface area contributed by atoms with E-state index in [0.717, 1.165) is 11.0 Å². The predicted molar refractivity (Wildman–Crippen MR) is 72.3 cm³/mol. The second-order valence-corrected chi connectivity index (χ2v) is 7.07. The molecule has 1 aliphatic heterocycles. The Morgan fingerprint density at radius 2 is 2.05 bits per heavy atom. The number of anilines is 1. The van der Waals surface area contributed by atoms with Crippen LogP contribution in [-0.4, -0.2) is 31.6 Å². The normalized spacial score (nSPS) is 19.8. The number of carbonyl (C=O) groups excluding carboxylic acids is 1. The molecule has 1 unspecified atom stereocenters. The number of rotatable bonds is 3. The van der Waals surface area contributed by atoms with Crippen LogP contribution in [0, 0.1) is 5.92 Å². The van der Waals surface area contributed by atoms with Crippen LogP contribution in [0.1, 0.15) is 12.0 Å². The quantitative estimate of drug-likeness (QED) is 0.573. The highest BCUT2D eigenvalue weighted by atomic mass is 79.9. The lowest BCUT2D eigenvalue weighted by atomic mass is 10.1. The Labute approximate surface area is 131 Å². The van der Waals surface area contributed by atoms with Crippen LogP contribution in [0.4, 0.5) is 22.9 Å². The molecule has 2 rings (SSSR count). The van der Waals surface area contributed by atoms with Crippen molar-refractivity contribution in [2.45, 2.75) is 12.6 Å². The van der Waals surface area contributed by atoms with Gasteiger partial charge < -0.3 is 0 Å². The minimum absolute atomic E-state index is 0.0561. The maximum atomic E-state index is 12.7. The zero-order chi connectivity index (χ0) is 16.7. The lowest BCUT2D eigenvalue weighted by molar-refractivity contribution is -0.137. The van der Waals surface area contributed by atoms with E-state index in [9.17, 15) is 30.3 Å². The first-order chi connectivity index (χ1) is 9.97. The van der Waals surface area contributed by atoms with E-state index in [1.807, 2.05) is 0 Å². The van der Waals surface area contributed by atoms with Crippen molar-refractivity contribution in [2.24, 2.45) is 5.92 Å². The first kappa shape index (κ1) is 17.1. The second kappa shape index (κ2) is 5.76. The number of halogens is 5. The summed E-state index contributed by atoms with van der Waals surface area (Å²) in [6.45, 7) is -0.126. The molecule has 1 amide bonds. The topological polar surface area (TPSA) is 67.3 Å². The van der Waals surface area contributed by atoms with Crippen LogP contribution >= 0.6 is 15.9 Å². The zero-order valence-electron chi connectivity index (χ0n) is 10.8. The molecule has 1 atom stereocenters. The lowest BCUT2D eigenvalue weighted by Crippen LogP contribution is -2.27. The van der Waals surface area contributed by atoms with Crippen LogP contribution in [-0.2, 0) is 21.2 Å². The summed E-state index contributed by atoms with van der Waals surface area (Å²) in [5.74, 6) is -2.16. The third-order valence-electron chi connectivity index (χ3n) is 3.04. The summed E-state index contributed by atoms with van der Waals surface area (Å²) >= 11 is 2.91. The van der Waals surface area contributed by atoms with Gasteiger partial charge >= 0.3 is 16.4 Å². The molecular formula is C11H9BrF4N2O3S. The summed E-state index contributed by atoms with van der Waals surface area (Å²) in [4.78, 5) is 16.5. The van der Waals surface area contributed by atoms with Crippen molar-refractivity contribution in [3.8, 4) is 0 Å². The van der Waals surface area contributed by atoms with Gasteiger partial charge in [-0.25, -0.2) is 4.98 Å². The highest BCUT2D eigenvalue weighted by Gasteiger charge is 2.36. The number of amides is 1. The van der Waals surface area contributed by atoms with Gasteiger partial charge in [-0.3, -0.25) is 9.69 Å². The molecule has 0 aromatic carbocycles. The molecule has 1 aromatic heterocycles. The first-order valence-electron chi connectivity index (χ1n) is 5.93. The third kappa shape index (κ3) is 3.94. The minimum Gasteiger partial charge on any atom is -0.296 e. The summed E-state index contributed by atoms with van der Waals surface area (Å²) in [6, 6.07) is 0.773. The first-order valence-corrected chi connectivity index (χ1v) is 8.27. The van der Waals surface area contributed by atoms with E-state index in [0.29, 0.717) is 6.20 Å². The van der Waals surface area contributed by atoms with E-state index < -0.39 is 39.5 Å². The molecule has 1 fully saturated rings. The molecule has 122 valence electrons. The fraction of sp³-hybridized carbons (Fsp3) is 0.455. The van der Waals surface area contributed by atoms with E-state index in [1.165, 1.54) is 0 Å². The van der Waals surface area contributed by atoms with Crippen LogP contribution in [0.3, 0.4) is 0 Å². The Balaban J connectivity index is 2.24. The van der Waals surface area contributed by atoms with Gasteiger partial charge in [0.1, 0.15) is 5.82 Å². The molecule has 1 saturated heterocycles. The summed E-state index contributed by atoms with van der Waals surface area (Å²) in [7, 11) is -4.73. The summed E-state index contributed by atoms with van der Waals surface area (Å²) in [5, 5.41) is 0. The molecule has 0 saturated carbocycles. The van der Waals surface area contributed by atoms with Crippen molar-refractivity contribution in [3.05, 3.63) is 22.3 Å². The van der Waals surface area contributed by atoms with Crippen molar-refractivity contribution >= 4 is 37.9 Å². The van der Waals surface area contributed by atoms with E-state index in [4.69, 9.17) is 0 Å². The lowest BCUT2D eigenvalue weighted by Gasteiger charge is -2.18. The molecule has 0 aliphatic carbocycles. The average molecular weight is 405 g/mol. The van der Waals surface area contributed by atoms with Crippen LogP contribution in [0.15, 0.2) is 16.7 Å². The average Bonchev–Trinajstić information content (AvgIpc) is 2.66. The molecule has 0 N–H and O–H groups in total. The Hall–Kier alpha value is -1.23. The maximum absolute atomic E-state index is 12.7. The summed E-state index contributed by atoms with van der Waals surface area (Å²) in [6.07, 6.45) is -4.21. The monoisotopic (exact) mass is 404 g/mol. The molecule has 1 aliphatic rings. The number of carbonyl (C=O) groups is 1. The molecule has 1 aromatic rings. The highest BCUT2D eigenvalue weighted by molar-refractivity contribution is 9.10. The molecule has 2 heterocycles. The Bertz CT molecular complexity index is 708. The number of aromatic nitrogens is 1. The molecular weight excluding hydrogens is 396 g/mol. The molecule has 11 heteroatoms. The van der Waals surface area contributed by atoms with Gasteiger partial charge in [0.05, 0.1) is 15.8 Å². The predicted octanol–water partition coefficient (Wildman–Crippen LogP) is 2.52. The van der Waals surface area contributed by atoms with Gasteiger partial charge in [0.15, 0.2) is 0 Å². The summed E-state index contributed by atoms with van der Waals surface area (Å²) < 4.78 is 71.5. The van der Waals surface area contributed by atoms with Gasteiger partial charge in [0.2, 0.25) is 5.91 Å². The Kier molecular flexibility index (Phi) is 4.49. The number of alkyl halides is 3. The fourth-order valence-corrected chi connectivity index (χ4v) is 3.51. The van der Waals surface area contributed by atoms with Crippen LogP contribution in [0.2, 0.25) is 0 Å². The van der Waals surface area contributed by atoms with Gasteiger partial charge in [-0.1, -0.05) is 0 Å². The van der Waals surface area contributed by atoms with Crippen molar-refractivity contribution in [1.29, 1.82) is 0 Å².